The van der Waals surface area contributed by atoms with E-state index in [1.165, 1.54) is 6.07 Å². The Morgan fingerprint density at radius 1 is 0.889 bits per heavy atom. The fraction of sp³-hybridized carbons (Fsp3) is 0. The van der Waals surface area contributed by atoms with Crippen LogP contribution in [-0.2, 0) is 0 Å². The minimum absolute atomic E-state index is 0.302. The SMILES string of the molecule is Fc1ccccc1-c1nc(NN=Cc2ccc(Cl)cc2)c2ccccc2n1. The first-order valence-corrected chi connectivity index (χ1v) is 8.65. The fourth-order valence-corrected chi connectivity index (χ4v) is 2.77. The van der Waals surface area contributed by atoms with Crippen LogP contribution in [0.15, 0.2) is 77.9 Å². The lowest BCUT2D eigenvalue weighted by Gasteiger charge is -2.08. The Bertz CT molecular complexity index is 1130. The van der Waals surface area contributed by atoms with Crippen molar-refractivity contribution in [1.82, 2.24) is 9.97 Å². The molecular weight excluding hydrogens is 363 g/mol. The molecule has 0 radical (unpaired) electrons. The van der Waals surface area contributed by atoms with Gasteiger partial charge in [-0.25, -0.2) is 14.4 Å². The summed E-state index contributed by atoms with van der Waals surface area (Å²) in [6.45, 7) is 0. The molecule has 3 aromatic carbocycles. The monoisotopic (exact) mass is 376 g/mol. The van der Waals surface area contributed by atoms with Crippen molar-refractivity contribution in [3.8, 4) is 11.4 Å². The molecule has 0 aliphatic carbocycles. The highest BCUT2D eigenvalue weighted by atomic mass is 35.5. The van der Waals surface area contributed by atoms with Crippen LogP contribution in [0.2, 0.25) is 5.02 Å². The maximum Gasteiger partial charge on any atom is 0.165 e. The smallest absolute Gasteiger partial charge is 0.165 e. The molecule has 0 aliphatic rings. The number of rotatable bonds is 4. The van der Waals surface area contributed by atoms with E-state index in [9.17, 15) is 4.39 Å². The van der Waals surface area contributed by atoms with Crippen LogP contribution in [0.4, 0.5) is 10.2 Å². The fourth-order valence-electron chi connectivity index (χ4n) is 2.64. The Kier molecular flexibility index (Phi) is 4.77. The van der Waals surface area contributed by atoms with E-state index >= 15 is 0 Å². The van der Waals surface area contributed by atoms with E-state index in [4.69, 9.17) is 11.6 Å². The highest BCUT2D eigenvalue weighted by Crippen LogP contribution is 2.26. The van der Waals surface area contributed by atoms with Crippen molar-refractivity contribution in [3.05, 3.63) is 89.2 Å². The molecule has 0 saturated heterocycles. The molecule has 0 unspecified atom stereocenters. The number of fused-ring (bicyclic) bond motifs is 1. The molecule has 4 nitrogen and oxygen atoms in total. The van der Waals surface area contributed by atoms with Gasteiger partial charge < -0.3 is 0 Å². The number of para-hydroxylation sites is 1. The lowest BCUT2D eigenvalue weighted by atomic mass is 10.1. The summed E-state index contributed by atoms with van der Waals surface area (Å²) in [4.78, 5) is 8.97. The van der Waals surface area contributed by atoms with Crippen LogP contribution in [-0.4, -0.2) is 16.2 Å². The van der Waals surface area contributed by atoms with E-state index < -0.39 is 0 Å². The van der Waals surface area contributed by atoms with Crippen molar-refractivity contribution in [2.24, 2.45) is 5.10 Å². The first kappa shape index (κ1) is 17.1. The molecule has 0 spiro atoms. The van der Waals surface area contributed by atoms with Gasteiger partial charge in [-0.1, -0.05) is 48.0 Å². The van der Waals surface area contributed by atoms with Gasteiger partial charge in [0.1, 0.15) is 5.82 Å². The molecule has 0 fully saturated rings. The maximum atomic E-state index is 14.2. The van der Waals surface area contributed by atoms with E-state index in [2.05, 4.69) is 20.5 Å². The largest absolute Gasteiger partial charge is 0.261 e. The van der Waals surface area contributed by atoms with Crippen molar-refractivity contribution < 1.29 is 4.39 Å². The predicted octanol–water partition coefficient (Wildman–Crippen LogP) is 5.54. The first-order valence-electron chi connectivity index (χ1n) is 8.27. The zero-order valence-electron chi connectivity index (χ0n) is 14.1. The van der Waals surface area contributed by atoms with Gasteiger partial charge in [0, 0.05) is 10.4 Å². The quantitative estimate of drug-likeness (QED) is 0.376. The Morgan fingerprint density at radius 3 is 2.44 bits per heavy atom. The summed E-state index contributed by atoms with van der Waals surface area (Å²) in [5, 5.41) is 5.71. The van der Waals surface area contributed by atoms with E-state index in [1.807, 2.05) is 36.4 Å². The zero-order valence-corrected chi connectivity index (χ0v) is 14.9. The highest BCUT2D eigenvalue weighted by Gasteiger charge is 2.11. The lowest BCUT2D eigenvalue weighted by molar-refractivity contribution is 0.630. The van der Waals surface area contributed by atoms with Gasteiger partial charge in [-0.2, -0.15) is 5.10 Å². The van der Waals surface area contributed by atoms with Crippen LogP contribution in [0.5, 0.6) is 0 Å². The standard InChI is InChI=1S/C21H14ClFN4/c22-15-11-9-14(10-12-15)13-24-27-21-17-6-2-4-8-19(17)25-20(26-21)16-5-1-3-7-18(16)23/h1-13H,(H,25,26,27). The maximum absolute atomic E-state index is 14.2. The molecule has 27 heavy (non-hydrogen) atoms. The Labute approximate surface area is 160 Å². The Morgan fingerprint density at radius 2 is 1.63 bits per heavy atom. The van der Waals surface area contributed by atoms with Crippen molar-refractivity contribution in [2.75, 3.05) is 5.43 Å². The molecule has 0 aliphatic heterocycles. The second kappa shape index (κ2) is 7.51. The van der Waals surface area contributed by atoms with Gasteiger partial charge in [0.2, 0.25) is 0 Å². The van der Waals surface area contributed by atoms with Crippen molar-refractivity contribution >= 4 is 34.5 Å². The number of nitrogens with one attached hydrogen (secondary N) is 1. The molecule has 4 rings (SSSR count). The third-order valence-corrected chi connectivity index (χ3v) is 4.22. The number of hydrazone groups is 1. The molecule has 0 saturated carbocycles. The van der Waals surface area contributed by atoms with Crippen LogP contribution in [0, 0.1) is 5.82 Å². The molecule has 4 aromatic rings. The summed E-state index contributed by atoms with van der Waals surface area (Å²) in [6, 6.07) is 21.2. The van der Waals surface area contributed by atoms with Gasteiger partial charge in [-0.15, -0.1) is 0 Å². The zero-order chi connectivity index (χ0) is 18.6. The van der Waals surface area contributed by atoms with E-state index in [0.717, 1.165) is 10.9 Å². The second-order valence-electron chi connectivity index (χ2n) is 5.81. The highest BCUT2D eigenvalue weighted by molar-refractivity contribution is 6.30. The van der Waals surface area contributed by atoms with Gasteiger partial charge >= 0.3 is 0 Å². The summed E-state index contributed by atoms with van der Waals surface area (Å²) in [7, 11) is 0. The second-order valence-corrected chi connectivity index (χ2v) is 6.25. The molecule has 1 N–H and O–H groups in total. The summed E-state index contributed by atoms with van der Waals surface area (Å²) in [5.74, 6) is 0.434. The predicted molar refractivity (Wildman–Crippen MR) is 108 cm³/mol. The summed E-state index contributed by atoms with van der Waals surface area (Å²) >= 11 is 5.89. The van der Waals surface area contributed by atoms with Crippen LogP contribution < -0.4 is 5.43 Å². The van der Waals surface area contributed by atoms with Crippen LogP contribution in [0.1, 0.15) is 5.56 Å². The van der Waals surface area contributed by atoms with Crippen LogP contribution in [0.3, 0.4) is 0 Å². The van der Waals surface area contributed by atoms with Gasteiger partial charge in [0.05, 0.1) is 17.3 Å². The molecule has 1 heterocycles. The summed E-state index contributed by atoms with van der Waals surface area (Å²) < 4.78 is 14.2. The third-order valence-electron chi connectivity index (χ3n) is 3.97. The average Bonchev–Trinajstić information content (AvgIpc) is 2.69. The van der Waals surface area contributed by atoms with Crippen molar-refractivity contribution in [2.45, 2.75) is 0 Å². The molecule has 6 heteroatoms. The summed E-state index contributed by atoms with van der Waals surface area (Å²) in [5.41, 5.74) is 4.88. The number of nitrogens with zero attached hydrogens (tertiary/aromatic N) is 3. The Hall–Kier alpha value is -3.31. The molecule has 132 valence electrons. The number of hydrogen-bond acceptors (Lipinski definition) is 4. The van der Waals surface area contributed by atoms with Gasteiger partial charge in [-0.3, -0.25) is 5.43 Å². The molecule has 0 atom stereocenters. The van der Waals surface area contributed by atoms with Gasteiger partial charge in [-0.05, 0) is 42.0 Å². The van der Waals surface area contributed by atoms with Crippen LogP contribution in [0.25, 0.3) is 22.3 Å². The van der Waals surface area contributed by atoms with E-state index in [0.29, 0.717) is 27.7 Å². The molecular formula is C21H14ClFN4. The number of hydrogen-bond donors (Lipinski definition) is 1. The third kappa shape index (κ3) is 3.78. The van der Waals surface area contributed by atoms with Crippen molar-refractivity contribution in [3.63, 3.8) is 0 Å². The minimum Gasteiger partial charge on any atom is -0.261 e. The first-order chi connectivity index (χ1) is 13.2. The minimum atomic E-state index is -0.372. The van der Waals surface area contributed by atoms with E-state index in [-0.39, 0.29) is 5.82 Å². The van der Waals surface area contributed by atoms with Crippen molar-refractivity contribution in [1.29, 1.82) is 0 Å². The Balaban J connectivity index is 1.72. The van der Waals surface area contributed by atoms with Gasteiger partial charge in [0.15, 0.2) is 11.6 Å². The number of halogens is 2. The average molecular weight is 377 g/mol. The number of anilines is 1. The number of aromatic nitrogens is 2. The lowest BCUT2D eigenvalue weighted by Crippen LogP contribution is -2.00. The normalized spacial score (nSPS) is 11.2. The van der Waals surface area contributed by atoms with E-state index in [1.54, 1.807) is 36.5 Å². The molecule has 1 aromatic heterocycles. The molecule has 0 bridgehead atoms. The summed E-state index contributed by atoms with van der Waals surface area (Å²) in [6.07, 6.45) is 1.66. The van der Waals surface area contributed by atoms with Crippen LogP contribution >= 0.6 is 11.6 Å². The molecule has 0 amide bonds. The van der Waals surface area contributed by atoms with Gasteiger partial charge in [0.25, 0.3) is 0 Å². The number of benzene rings is 3. The topological polar surface area (TPSA) is 50.2 Å².